The van der Waals surface area contributed by atoms with Crippen LogP contribution in [-0.2, 0) is 0 Å². The van der Waals surface area contributed by atoms with Crippen molar-refractivity contribution in [3.63, 3.8) is 0 Å². The van der Waals surface area contributed by atoms with Crippen LogP contribution in [-0.4, -0.2) is 12.5 Å². The Bertz CT molecular complexity index is 485. The molecule has 1 aromatic carbocycles. The molecule has 0 saturated heterocycles. The average Bonchev–Trinajstić information content (AvgIpc) is 2.96. The Kier molecular flexibility index (Phi) is 3.86. The monoisotopic (exact) mass is 341 g/mol. The molecule has 3 rings (SSSR count). The van der Waals surface area contributed by atoms with E-state index in [0.717, 1.165) is 22.9 Å². The maximum absolute atomic E-state index is 12.1. The van der Waals surface area contributed by atoms with Crippen LogP contribution < -0.4 is 5.32 Å². The van der Waals surface area contributed by atoms with Crippen molar-refractivity contribution in [3.05, 3.63) is 33.3 Å². The van der Waals surface area contributed by atoms with E-state index in [1.54, 1.807) is 12.1 Å². The first-order chi connectivity index (χ1) is 9.11. The normalized spacial score (nSPS) is 28.6. The Morgan fingerprint density at radius 1 is 1.32 bits per heavy atom. The summed E-state index contributed by atoms with van der Waals surface area (Å²) < 4.78 is 0.838. The fourth-order valence-electron chi connectivity index (χ4n) is 3.64. The molecule has 2 bridgehead atoms. The van der Waals surface area contributed by atoms with Gasteiger partial charge in [-0.25, -0.2) is 0 Å². The highest BCUT2D eigenvalue weighted by Crippen LogP contribution is 2.47. The number of carbonyl (C=O) groups excluding carboxylic acids is 1. The molecule has 1 N–H and O–H groups in total. The fourth-order valence-corrected chi connectivity index (χ4v) is 4.50. The molecule has 0 aliphatic heterocycles. The molecule has 2 nitrogen and oxygen atoms in total. The van der Waals surface area contributed by atoms with Crippen molar-refractivity contribution in [2.45, 2.75) is 25.7 Å². The van der Waals surface area contributed by atoms with Crippen LogP contribution in [0, 0.1) is 17.8 Å². The zero-order valence-corrected chi connectivity index (χ0v) is 13.0. The van der Waals surface area contributed by atoms with Crippen molar-refractivity contribution in [3.8, 4) is 0 Å². The SMILES string of the molecule is O=C(NCC1CC2CCC1C2)c1cc(Cl)cc(Br)c1. The number of carbonyl (C=O) groups is 1. The molecule has 0 heterocycles. The summed E-state index contributed by atoms with van der Waals surface area (Å²) in [5, 5.41) is 3.64. The summed E-state index contributed by atoms with van der Waals surface area (Å²) in [4.78, 5) is 12.1. The van der Waals surface area contributed by atoms with E-state index >= 15 is 0 Å². The molecule has 1 aromatic rings. The first kappa shape index (κ1) is 13.4. The molecule has 2 fully saturated rings. The minimum absolute atomic E-state index is 0.0222. The number of amides is 1. The maximum Gasteiger partial charge on any atom is 0.251 e. The van der Waals surface area contributed by atoms with Gasteiger partial charge in [-0.3, -0.25) is 4.79 Å². The molecule has 2 saturated carbocycles. The second-order valence-electron chi connectivity index (χ2n) is 5.80. The van der Waals surface area contributed by atoms with E-state index in [4.69, 9.17) is 11.6 Å². The molecule has 3 unspecified atom stereocenters. The second-order valence-corrected chi connectivity index (χ2v) is 7.16. The van der Waals surface area contributed by atoms with E-state index in [1.807, 2.05) is 6.07 Å². The molecule has 0 aromatic heterocycles. The number of nitrogens with one attached hydrogen (secondary N) is 1. The number of halogens is 2. The summed E-state index contributed by atoms with van der Waals surface area (Å²) in [6, 6.07) is 5.30. The van der Waals surface area contributed by atoms with Gasteiger partial charge in [-0.15, -0.1) is 0 Å². The summed E-state index contributed by atoms with van der Waals surface area (Å²) >= 11 is 9.32. The van der Waals surface area contributed by atoms with Gasteiger partial charge in [0.05, 0.1) is 0 Å². The smallest absolute Gasteiger partial charge is 0.251 e. The van der Waals surface area contributed by atoms with E-state index in [9.17, 15) is 4.79 Å². The lowest BCUT2D eigenvalue weighted by atomic mass is 9.89. The number of hydrogen-bond acceptors (Lipinski definition) is 1. The van der Waals surface area contributed by atoms with Crippen LogP contribution in [0.5, 0.6) is 0 Å². The molecule has 2 aliphatic rings. The molecule has 3 atom stereocenters. The highest BCUT2D eigenvalue weighted by Gasteiger charge is 2.39. The van der Waals surface area contributed by atoms with Gasteiger partial charge in [-0.2, -0.15) is 0 Å². The minimum Gasteiger partial charge on any atom is -0.352 e. The quantitative estimate of drug-likeness (QED) is 0.873. The van der Waals surface area contributed by atoms with Crippen molar-refractivity contribution >= 4 is 33.4 Å². The Balaban J connectivity index is 1.59. The summed E-state index contributed by atoms with van der Waals surface area (Å²) in [5.74, 6) is 2.43. The number of benzene rings is 1. The van der Waals surface area contributed by atoms with Gasteiger partial charge in [0, 0.05) is 21.6 Å². The molecule has 19 heavy (non-hydrogen) atoms. The van der Waals surface area contributed by atoms with Crippen molar-refractivity contribution in [1.82, 2.24) is 5.32 Å². The topological polar surface area (TPSA) is 29.1 Å². The largest absolute Gasteiger partial charge is 0.352 e. The summed E-state index contributed by atoms with van der Waals surface area (Å²) in [7, 11) is 0. The Morgan fingerprint density at radius 3 is 2.79 bits per heavy atom. The van der Waals surface area contributed by atoms with Crippen LogP contribution in [0.4, 0.5) is 0 Å². The van der Waals surface area contributed by atoms with Crippen LogP contribution >= 0.6 is 27.5 Å². The fraction of sp³-hybridized carbons (Fsp3) is 0.533. The van der Waals surface area contributed by atoms with Gasteiger partial charge in [-0.1, -0.05) is 34.0 Å². The lowest BCUT2D eigenvalue weighted by molar-refractivity contribution is 0.0941. The lowest BCUT2D eigenvalue weighted by Crippen LogP contribution is -2.31. The summed E-state index contributed by atoms with van der Waals surface area (Å²) in [6.45, 7) is 0.810. The van der Waals surface area contributed by atoms with Crippen LogP contribution in [0.3, 0.4) is 0 Å². The maximum atomic E-state index is 12.1. The van der Waals surface area contributed by atoms with E-state index in [0.29, 0.717) is 16.5 Å². The van der Waals surface area contributed by atoms with E-state index in [1.165, 1.54) is 25.7 Å². The molecule has 0 spiro atoms. The van der Waals surface area contributed by atoms with Gasteiger partial charge in [0.15, 0.2) is 0 Å². The molecular weight excluding hydrogens is 326 g/mol. The van der Waals surface area contributed by atoms with Gasteiger partial charge < -0.3 is 5.32 Å². The van der Waals surface area contributed by atoms with Crippen molar-refractivity contribution in [2.75, 3.05) is 6.54 Å². The Labute approximate surface area is 127 Å². The zero-order chi connectivity index (χ0) is 13.4. The standard InChI is InChI=1S/C15H17BrClNO/c16-13-5-11(6-14(17)7-13)15(19)18-8-12-4-9-1-2-10(12)3-9/h5-7,9-10,12H,1-4,8H2,(H,18,19). The minimum atomic E-state index is -0.0222. The molecule has 2 aliphatic carbocycles. The molecule has 102 valence electrons. The van der Waals surface area contributed by atoms with Crippen molar-refractivity contribution < 1.29 is 4.79 Å². The number of hydrogen-bond donors (Lipinski definition) is 1. The number of rotatable bonds is 3. The Morgan fingerprint density at radius 2 is 2.16 bits per heavy atom. The molecule has 1 amide bonds. The predicted octanol–water partition coefficient (Wildman–Crippen LogP) is 4.27. The molecule has 4 heteroatoms. The third-order valence-electron chi connectivity index (χ3n) is 4.53. The zero-order valence-electron chi connectivity index (χ0n) is 10.7. The van der Waals surface area contributed by atoms with Crippen LogP contribution in [0.15, 0.2) is 22.7 Å². The van der Waals surface area contributed by atoms with Crippen LogP contribution in [0.25, 0.3) is 0 Å². The van der Waals surface area contributed by atoms with Gasteiger partial charge in [-0.05, 0) is 55.2 Å². The summed E-state index contributed by atoms with van der Waals surface area (Å²) in [6.07, 6.45) is 5.43. The van der Waals surface area contributed by atoms with Gasteiger partial charge >= 0.3 is 0 Å². The first-order valence-electron chi connectivity index (χ1n) is 6.86. The van der Waals surface area contributed by atoms with E-state index < -0.39 is 0 Å². The van der Waals surface area contributed by atoms with Crippen LogP contribution in [0.1, 0.15) is 36.0 Å². The highest BCUT2D eigenvalue weighted by molar-refractivity contribution is 9.10. The highest BCUT2D eigenvalue weighted by atomic mass is 79.9. The third kappa shape index (κ3) is 2.97. The van der Waals surface area contributed by atoms with Gasteiger partial charge in [0.25, 0.3) is 5.91 Å². The van der Waals surface area contributed by atoms with Crippen molar-refractivity contribution in [1.29, 1.82) is 0 Å². The Hall–Kier alpha value is -0.540. The molecule has 0 radical (unpaired) electrons. The molecular formula is C15H17BrClNO. The lowest BCUT2D eigenvalue weighted by Gasteiger charge is -2.21. The average molecular weight is 343 g/mol. The van der Waals surface area contributed by atoms with Crippen molar-refractivity contribution in [2.24, 2.45) is 17.8 Å². The second kappa shape index (κ2) is 5.45. The van der Waals surface area contributed by atoms with Gasteiger partial charge in [0.2, 0.25) is 0 Å². The third-order valence-corrected chi connectivity index (χ3v) is 5.21. The predicted molar refractivity (Wildman–Crippen MR) is 80.4 cm³/mol. The van der Waals surface area contributed by atoms with E-state index in [2.05, 4.69) is 21.2 Å². The van der Waals surface area contributed by atoms with Crippen LogP contribution in [0.2, 0.25) is 5.02 Å². The van der Waals surface area contributed by atoms with Gasteiger partial charge in [0.1, 0.15) is 0 Å². The first-order valence-corrected chi connectivity index (χ1v) is 8.03. The van der Waals surface area contributed by atoms with E-state index in [-0.39, 0.29) is 5.91 Å². The summed E-state index contributed by atoms with van der Waals surface area (Å²) in [5.41, 5.74) is 0.627. The number of fused-ring (bicyclic) bond motifs is 2.